The number of hydrogen-bond acceptors (Lipinski definition) is 1. The molecule has 0 saturated heterocycles. The zero-order chi connectivity index (χ0) is 13.0. The molecule has 2 aromatic rings. The normalized spacial score (nSPS) is 10.1. The Hall–Kier alpha value is -1.80. The molecule has 1 N–H and O–H groups in total. The van der Waals surface area contributed by atoms with E-state index in [0.29, 0.717) is 11.4 Å². The zero-order valence-corrected chi connectivity index (χ0v) is 10.9. The van der Waals surface area contributed by atoms with Gasteiger partial charge in [-0.15, -0.1) is 0 Å². The Morgan fingerprint density at radius 3 is 2.56 bits per heavy atom. The smallest absolute Gasteiger partial charge is 0.224 e. The molecular formula is C15H14ClNO. The molecule has 0 aliphatic rings. The van der Waals surface area contributed by atoms with Crippen molar-refractivity contribution in [1.82, 2.24) is 5.32 Å². The van der Waals surface area contributed by atoms with E-state index in [2.05, 4.69) is 5.32 Å². The van der Waals surface area contributed by atoms with E-state index in [-0.39, 0.29) is 5.91 Å². The minimum atomic E-state index is -0.0190. The number of hydrogen-bond donors (Lipinski definition) is 1. The van der Waals surface area contributed by atoms with E-state index in [9.17, 15) is 4.79 Å². The summed E-state index contributed by atoms with van der Waals surface area (Å²) in [6.45, 7) is 0. The first kappa shape index (κ1) is 12.7. The van der Waals surface area contributed by atoms with Gasteiger partial charge in [0.25, 0.3) is 0 Å². The van der Waals surface area contributed by atoms with E-state index < -0.39 is 0 Å². The maximum Gasteiger partial charge on any atom is 0.224 e. The van der Waals surface area contributed by atoms with Gasteiger partial charge in [0, 0.05) is 12.1 Å². The van der Waals surface area contributed by atoms with Crippen LogP contribution in [0.25, 0.3) is 11.1 Å². The van der Waals surface area contributed by atoms with Crippen LogP contribution in [0.15, 0.2) is 48.5 Å². The van der Waals surface area contributed by atoms with Crippen LogP contribution in [0.4, 0.5) is 0 Å². The van der Waals surface area contributed by atoms with E-state index in [1.807, 2.05) is 48.5 Å². The van der Waals surface area contributed by atoms with Crippen molar-refractivity contribution in [3.05, 3.63) is 59.1 Å². The third-order valence-corrected chi connectivity index (χ3v) is 3.02. The van der Waals surface area contributed by atoms with Crippen LogP contribution in [0.5, 0.6) is 0 Å². The van der Waals surface area contributed by atoms with Crippen molar-refractivity contribution < 1.29 is 4.79 Å². The Labute approximate surface area is 112 Å². The molecule has 0 saturated carbocycles. The average molecular weight is 260 g/mol. The number of benzene rings is 2. The fraction of sp³-hybridized carbons (Fsp3) is 0.133. The van der Waals surface area contributed by atoms with Crippen LogP contribution < -0.4 is 5.32 Å². The SMILES string of the molecule is CNC(=O)Cc1cc(Cl)ccc1-c1ccccc1. The van der Waals surface area contributed by atoms with Crippen LogP contribution in [0.3, 0.4) is 0 Å². The third kappa shape index (κ3) is 2.90. The number of nitrogens with one attached hydrogen (secondary N) is 1. The van der Waals surface area contributed by atoms with Crippen molar-refractivity contribution in [3.8, 4) is 11.1 Å². The molecule has 1 amide bonds. The van der Waals surface area contributed by atoms with Gasteiger partial charge in [-0.25, -0.2) is 0 Å². The number of rotatable bonds is 3. The number of halogens is 1. The summed E-state index contributed by atoms with van der Waals surface area (Å²) < 4.78 is 0. The van der Waals surface area contributed by atoms with Gasteiger partial charge in [0.1, 0.15) is 0 Å². The van der Waals surface area contributed by atoms with E-state index in [4.69, 9.17) is 11.6 Å². The maximum absolute atomic E-state index is 11.5. The van der Waals surface area contributed by atoms with Crippen LogP contribution in [0, 0.1) is 0 Å². The van der Waals surface area contributed by atoms with Crippen molar-refractivity contribution in [1.29, 1.82) is 0 Å². The van der Waals surface area contributed by atoms with Crippen LogP contribution in [-0.4, -0.2) is 13.0 Å². The summed E-state index contributed by atoms with van der Waals surface area (Å²) in [5.41, 5.74) is 3.07. The summed E-state index contributed by atoms with van der Waals surface area (Å²) in [4.78, 5) is 11.5. The molecule has 0 aromatic heterocycles. The van der Waals surface area contributed by atoms with Crippen molar-refractivity contribution in [3.63, 3.8) is 0 Å². The molecule has 2 rings (SSSR count). The quantitative estimate of drug-likeness (QED) is 0.900. The van der Waals surface area contributed by atoms with Crippen molar-refractivity contribution in [2.75, 3.05) is 7.05 Å². The molecule has 0 fully saturated rings. The molecule has 2 nitrogen and oxygen atoms in total. The average Bonchev–Trinajstić information content (AvgIpc) is 2.40. The second-order valence-electron chi connectivity index (χ2n) is 4.02. The molecular weight excluding hydrogens is 246 g/mol. The summed E-state index contributed by atoms with van der Waals surface area (Å²) >= 11 is 6.00. The van der Waals surface area contributed by atoms with Gasteiger partial charge in [0.05, 0.1) is 6.42 Å². The van der Waals surface area contributed by atoms with Gasteiger partial charge in [-0.05, 0) is 28.8 Å². The number of carbonyl (C=O) groups excluding carboxylic acids is 1. The van der Waals surface area contributed by atoms with Crippen LogP contribution in [-0.2, 0) is 11.2 Å². The monoisotopic (exact) mass is 259 g/mol. The van der Waals surface area contributed by atoms with E-state index >= 15 is 0 Å². The molecule has 18 heavy (non-hydrogen) atoms. The summed E-state index contributed by atoms with van der Waals surface area (Å²) in [7, 11) is 1.63. The summed E-state index contributed by atoms with van der Waals surface area (Å²) in [6, 6.07) is 15.6. The lowest BCUT2D eigenvalue weighted by Gasteiger charge is -2.10. The molecule has 0 aliphatic heterocycles. The van der Waals surface area contributed by atoms with Gasteiger partial charge < -0.3 is 5.32 Å². The van der Waals surface area contributed by atoms with Gasteiger partial charge in [-0.3, -0.25) is 4.79 Å². The number of amides is 1. The molecule has 0 bridgehead atoms. The first-order valence-electron chi connectivity index (χ1n) is 5.75. The third-order valence-electron chi connectivity index (χ3n) is 2.78. The molecule has 92 valence electrons. The minimum Gasteiger partial charge on any atom is -0.359 e. The number of likely N-dealkylation sites (N-methyl/N-ethyl adjacent to an activating group) is 1. The molecule has 0 spiro atoms. The van der Waals surface area contributed by atoms with Gasteiger partial charge in [-0.2, -0.15) is 0 Å². The van der Waals surface area contributed by atoms with Crippen LogP contribution in [0.1, 0.15) is 5.56 Å². The molecule has 2 aromatic carbocycles. The summed E-state index contributed by atoms with van der Waals surface area (Å²) in [5.74, 6) is -0.0190. The predicted molar refractivity (Wildman–Crippen MR) is 74.7 cm³/mol. The van der Waals surface area contributed by atoms with Gasteiger partial charge >= 0.3 is 0 Å². The summed E-state index contributed by atoms with van der Waals surface area (Å²) in [5, 5.41) is 3.28. The first-order valence-corrected chi connectivity index (χ1v) is 6.13. The fourth-order valence-electron chi connectivity index (χ4n) is 1.87. The van der Waals surface area contributed by atoms with E-state index in [0.717, 1.165) is 16.7 Å². The fourth-order valence-corrected chi connectivity index (χ4v) is 2.06. The molecule has 0 heterocycles. The Morgan fingerprint density at radius 1 is 1.17 bits per heavy atom. The van der Waals surface area contributed by atoms with E-state index in [1.54, 1.807) is 7.05 Å². The van der Waals surface area contributed by atoms with Gasteiger partial charge in [0.15, 0.2) is 0 Å². The second kappa shape index (κ2) is 5.69. The topological polar surface area (TPSA) is 29.1 Å². The molecule has 0 aliphatic carbocycles. The molecule has 0 unspecified atom stereocenters. The largest absolute Gasteiger partial charge is 0.359 e. The highest BCUT2D eigenvalue weighted by Crippen LogP contribution is 2.26. The van der Waals surface area contributed by atoms with Crippen LogP contribution in [0.2, 0.25) is 5.02 Å². The lowest BCUT2D eigenvalue weighted by Crippen LogP contribution is -2.20. The van der Waals surface area contributed by atoms with Gasteiger partial charge in [-0.1, -0.05) is 48.0 Å². The second-order valence-corrected chi connectivity index (χ2v) is 4.45. The maximum atomic E-state index is 11.5. The highest BCUT2D eigenvalue weighted by molar-refractivity contribution is 6.30. The highest BCUT2D eigenvalue weighted by Gasteiger charge is 2.09. The lowest BCUT2D eigenvalue weighted by molar-refractivity contribution is -0.119. The Kier molecular flexibility index (Phi) is 4.00. The Morgan fingerprint density at radius 2 is 1.89 bits per heavy atom. The Bertz CT molecular complexity index is 552. The highest BCUT2D eigenvalue weighted by atomic mass is 35.5. The molecule has 0 radical (unpaired) electrons. The van der Waals surface area contributed by atoms with E-state index in [1.165, 1.54) is 0 Å². The predicted octanol–water partition coefficient (Wildman–Crippen LogP) is 3.30. The number of carbonyl (C=O) groups is 1. The standard InChI is InChI=1S/C15H14ClNO/c1-17-15(18)10-12-9-13(16)7-8-14(12)11-5-3-2-4-6-11/h2-9H,10H2,1H3,(H,17,18). The van der Waals surface area contributed by atoms with Gasteiger partial charge in [0.2, 0.25) is 5.91 Å². The zero-order valence-electron chi connectivity index (χ0n) is 10.1. The lowest BCUT2D eigenvalue weighted by atomic mass is 9.97. The van der Waals surface area contributed by atoms with Crippen molar-refractivity contribution in [2.45, 2.75) is 6.42 Å². The molecule has 3 heteroatoms. The first-order chi connectivity index (χ1) is 8.70. The van der Waals surface area contributed by atoms with Crippen molar-refractivity contribution in [2.24, 2.45) is 0 Å². The van der Waals surface area contributed by atoms with Crippen molar-refractivity contribution >= 4 is 17.5 Å². The minimum absolute atomic E-state index is 0.0190. The Balaban J connectivity index is 2.44. The molecule has 0 atom stereocenters. The summed E-state index contributed by atoms with van der Waals surface area (Å²) in [6.07, 6.45) is 0.335. The van der Waals surface area contributed by atoms with Crippen LogP contribution >= 0.6 is 11.6 Å².